The Labute approximate surface area is 164 Å². The third-order valence-corrected chi connectivity index (χ3v) is 4.21. The van der Waals surface area contributed by atoms with Gasteiger partial charge in [0.05, 0.1) is 19.0 Å². The number of rotatable bonds is 9. The molecule has 1 aromatic heterocycles. The number of aromatic nitrogens is 1. The minimum atomic E-state index is -1.09. The molecular weight excluding hydrogens is 360 g/mol. The Morgan fingerprint density at radius 3 is 2.39 bits per heavy atom. The molecule has 0 atom stereocenters. The number of pyridine rings is 1. The zero-order valence-corrected chi connectivity index (χ0v) is 16.6. The van der Waals surface area contributed by atoms with Crippen LogP contribution in [0.25, 0.3) is 0 Å². The van der Waals surface area contributed by atoms with Crippen molar-refractivity contribution in [2.45, 2.75) is 6.92 Å². The van der Waals surface area contributed by atoms with E-state index in [0.717, 1.165) is 6.54 Å². The summed E-state index contributed by atoms with van der Waals surface area (Å²) in [7, 11) is 5.46. The van der Waals surface area contributed by atoms with Crippen LogP contribution < -0.4 is 15.0 Å². The minimum Gasteiger partial charge on any atom is -0.497 e. The van der Waals surface area contributed by atoms with Crippen LogP contribution in [-0.4, -0.2) is 67.7 Å². The van der Waals surface area contributed by atoms with Crippen molar-refractivity contribution in [3.63, 3.8) is 0 Å². The summed E-state index contributed by atoms with van der Waals surface area (Å²) in [6, 6.07) is 8.07. The van der Waals surface area contributed by atoms with Crippen LogP contribution in [0.3, 0.4) is 0 Å². The van der Waals surface area contributed by atoms with E-state index in [2.05, 4.69) is 10.3 Å². The number of carbonyl (C=O) groups is 2. The maximum atomic E-state index is 12.4. The Morgan fingerprint density at radius 2 is 1.86 bits per heavy atom. The normalized spacial score (nSPS) is 10.6. The van der Waals surface area contributed by atoms with Gasteiger partial charge in [0.15, 0.2) is 0 Å². The second-order valence-electron chi connectivity index (χ2n) is 6.47. The van der Waals surface area contributed by atoms with Crippen molar-refractivity contribution in [3.8, 4) is 5.75 Å². The van der Waals surface area contributed by atoms with Crippen LogP contribution in [-0.2, 0) is 0 Å². The number of anilines is 2. The van der Waals surface area contributed by atoms with Crippen LogP contribution in [0.5, 0.6) is 5.75 Å². The number of benzene rings is 1. The zero-order valence-electron chi connectivity index (χ0n) is 16.6. The molecule has 1 amide bonds. The number of aromatic carboxylic acids is 1. The van der Waals surface area contributed by atoms with Crippen molar-refractivity contribution in [2.24, 2.45) is 0 Å². The van der Waals surface area contributed by atoms with E-state index in [-0.39, 0.29) is 11.5 Å². The minimum absolute atomic E-state index is 0.0492. The number of methoxy groups -OCH3 is 1. The summed E-state index contributed by atoms with van der Waals surface area (Å²) in [5.74, 6) is -0.410. The lowest BCUT2D eigenvalue weighted by molar-refractivity contribution is 0.0696. The fraction of sp³-hybridized carbons (Fsp3) is 0.350. The molecule has 0 bridgehead atoms. The van der Waals surface area contributed by atoms with Crippen molar-refractivity contribution in [2.75, 3.05) is 51.1 Å². The highest BCUT2D eigenvalue weighted by molar-refractivity contribution is 6.05. The van der Waals surface area contributed by atoms with Gasteiger partial charge in [0.2, 0.25) is 0 Å². The van der Waals surface area contributed by atoms with Gasteiger partial charge in [0, 0.05) is 25.2 Å². The van der Waals surface area contributed by atoms with Crippen molar-refractivity contribution in [3.05, 3.63) is 47.7 Å². The van der Waals surface area contributed by atoms with Crippen molar-refractivity contribution in [1.29, 1.82) is 0 Å². The highest BCUT2D eigenvalue weighted by Gasteiger charge is 2.18. The molecule has 0 aliphatic heterocycles. The van der Waals surface area contributed by atoms with Gasteiger partial charge in [-0.05, 0) is 51.4 Å². The van der Waals surface area contributed by atoms with Crippen LogP contribution in [0.1, 0.15) is 27.6 Å². The first-order chi connectivity index (χ1) is 13.3. The molecule has 0 aliphatic rings. The molecule has 1 aromatic carbocycles. The summed E-state index contributed by atoms with van der Waals surface area (Å²) in [5, 5.41) is 12.3. The van der Waals surface area contributed by atoms with Crippen LogP contribution in [0, 0.1) is 0 Å². The van der Waals surface area contributed by atoms with E-state index < -0.39 is 5.97 Å². The molecule has 150 valence electrons. The van der Waals surface area contributed by atoms with Gasteiger partial charge in [-0.2, -0.15) is 0 Å². The van der Waals surface area contributed by atoms with Crippen molar-refractivity contribution in [1.82, 2.24) is 9.88 Å². The van der Waals surface area contributed by atoms with E-state index >= 15 is 0 Å². The fourth-order valence-electron chi connectivity index (χ4n) is 2.62. The topological polar surface area (TPSA) is 95.0 Å². The SMILES string of the molecule is CCN(CCN(C)C)c1ncc(NC(=O)c2ccc(OC)cc2)cc1C(=O)O. The van der Waals surface area contributed by atoms with Crippen molar-refractivity contribution >= 4 is 23.4 Å². The number of hydrogen-bond donors (Lipinski definition) is 2. The van der Waals surface area contributed by atoms with E-state index in [0.29, 0.717) is 35.9 Å². The molecular formula is C20H26N4O4. The lowest BCUT2D eigenvalue weighted by atomic mass is 10.2. The van der Waals surface area contributed by atoms with E-state index in [1.54, 1.807) is 31.4 Å². The van der Waals surface area contributed by atoms with E-state index in [4.69, 9.17) is 4.74 Å². The molecule has 28 heavy (non-hydrogen) atoms. The van der Waals surface area contributed by atoms with Gasteiger partial charge in [0.1, 0.15) is 17.1 Å². The Kier molecular flexibility index (Phi) is 7.34. The average Bonchev–Trinajstić information content (AvgIpc) is 2.68. The van der Waals surface area contributed by atoms with E-state index in [9.17, 15) is 14.7 Å². The molecule has 0 spiro atoms. The number of amides is 1. The number of carboxylic acids is 1. The molecule has 0 saturated carbocycles. The molecule has 0 saturated heterocycles. The van der Waals surface area contributed by atoms with Gasteiger partial charge in [0.25, 0.3) is 5.91 Å². The van der Waals surface area contributed by atoms with Gasteiger partial charge in [-0.15, -0.1) is 0 Å². The molecule has 0 aliphatic carbocycles. The smallest absolute Gasteiger partial charge is 0.339 e. The number of ether oxygens (including phenoxy) is 1. The number of hydrogen-bond acceptors (Lipinski definition) is 6. The maximum Gasteiger partial charge on any atom is 0.339 e. The molecule has 0 radical (unpaired) electrons. The highest BCUT2D eigenvalue weighted by Crippen LogP contribution is 2.22. The standard InChI is InChI=1S/C20H26N4O4/c1-5-24(11-10-23(2)3)18-17(20(26)27)12-15(13-21-18)22-19(25)14-6-8-16(28-4)9-7-14/h6-9,12-13H,5,10-11H2,1-4H3,(H,22,25)(H,26,27). The molecule has 2 rings (SSSR count). The second-order valence-corrected chi connectivity index (χ2v) is 6.47. The predicted octanol–water partition coefficient (Wildman–Crippen LogP) is 2.43. The number of likely N-dealkylation sites (N-methyl/N-ethyl adjacent to an activating group) is 2. The Balaban J connectivity index is 2.23. The molecule has 2 aromatic rings. The third kappa shape index (κ3) is 5.43. The van der Waals surface area contributed by atoms with Crippen LogP contribution in [0.4, 0.5) is 11.5 Å². The summed E-state index contributed by atoms with van der Waals surface area (Å²) < 4.78 is 5.08. The molecule has 8 heteroatoms. The van der Waals surface area contributed by atoms with Gasteiger partial charge >= 0.3 is 5.97 Å². The van der Waals surface area contributed by atoms with Gasteiger partial charge in [-0.25, -0.2) is 9.78 Å². The first-order valence-corrected chi connectivity index (χ1v) is 8.94. The summed E-state index contributed by atoms with van der Waals surface area (Å²) >= 11 is 0. The van der Waals surface area contributed by atoms with Crippen LogP contribution >= 0.6 is 0 Å². The Morgan fingerprint density at radius 1 is 1.18 bits per heavy atom. The van der Waals surface area contributed by atoms with Gasteiger partial charge < -0.3 is 25.0 Å². The largest absolute Gasteiger partial charge is 0.497 e. The predicted molar refractivity (Wildman–Crippen MR) is 109 cm³/mol. The number of nitrogens with one attached hydrogen (secondary N) is 1. The number of nitrogens with zero attached hydrogens (tertiary/aromatic N) is 3. The highest BCUT2D eigenvalue weighted by atomic mass is 16.5. The molecule has 1 heterocycles. The molecule has 0 fully saturated rings. The van der Waals surface area contributed by atoms with E-state index in [1.807, 2.05) is 30.8 Å². The van der Waals surface area contributed by atoms with Crippen LogP contribution in [0.2, 0.25) is 0 Å². The lowest BCUT2D eigenvalue weighted by Gasteiger charge is -2.25. The second kappa shape index (κ2) is 9.70. The summed E-state index contributed by atoms with van der Waals surface area (Å²) in [4.78, 5) is 32.4. The van der Waals surface area contributed by atoms with Gasteiger partial charge in [-0.1, -0.05) is 0 Å². The number of carbonyl (C=O) groups excluding carboxylic acids is 1. The third-order valence-electron chi connectivity index (χ3n) is 4.21. The van der Waals surface area contributed by atoms with Crippen molar-refractivity contribution < 1.29 is 19.4 Å². The first-order valence-electron chi connectivity index (χ1n) is 8.94. The first kappa shape index (κ1) is 21.2. The van der Waals surface area contributed by atoms with E-state index in [1.165, 1.54) is 12.3 Å². The van der Waals surface area contributed by atoms with Crippen LogP contribution in [0.15, 0.2) is 36.5 Å². The molecule has 8 nitrogen and oxygen atoms in total. The van der Waals surface area contributed by atoms with Gasteiger partial charge in [-0.3, -0.25) is 4.79 Å². The number of carboxylic acid groups (broad SMARTS) is 1. The lowest BCUT2D eigenvalue weighted by Crippen LogP contribution is -2.33. The Bertz CT molecular complexity index is 821. The average molecular weight is 386 g/mol. The fourth-order valence-corrected chi connectivity index (χ4v) is 2.62. The molecule has 2 N–H and O–H groups in total. The maximum absolute atomic E-state index is 12.4. The summed E-state index contributed by atoms with van der Waals surface area (Å²) in [6.07, 6.45) is 1.47. The summed E-state index contributed by atoms with van der Waals surface area (Å²) in [5.41, 5.74) is 0.807. The quantitative estimate of drug-likeness (QED) is 0.683. The monoisotopic (exact) mass is 386 g/mol. The Hall–Kier alpha value is -3.13. The molecule has 0 unspecified atom stereocenters. The zero-order chi connectivity index (χ0) is 20.7. The summed E-state index contributed by atoms with van der Waals surface area (Å²) in [6.45, 7) is 3.99.